The molecule has 13 rings (SSSR count). The Labute approximate surface area is 353 Å². The molecule has 282 valence electrons. The summed E-state index contributed by atoms with van der Waals surface area (Å²) in [5.74, 6) is 0. The number of hydrogen-bond acceptors (Lipinski definition) is 1. The lowest BCUT2D eigenvalue weighted by molar-refractivity contribution is 1.27. The molecule has 2 heterocycles. The summed E-state index contributed by atoms with van der Waals surface area (Å²) in [4.78, 5) is 5.18. The zero-order chi connectivity index (χ0) is 40.0. The minimum Gasteiger partial charge on any atom is -0.298 e. The van der Waals surface area contributed by atoms with Crippen molar-refractivity contribution in [3.8, 4) is 78.0 Å². The Morgan fingerprint density at radius 1 is 0.279 bits per heavy atom. The van der Waals surface area contributed by atoms with Gasteiger partial charge in [0.05, 0.1) is 11.2 Å². The smallest absolute Gasteiger partial charge is 0.145 e. The summed E-state index contributed by atoms with van der Waals surface area (Å²) >= 11 is 0. The first-order valence-electron chi connectivity index (χ1n) is 21.0. The molecule has 0 N–H and O–H groups in total. The number of imidazole rings is 1. The molecule has 1 aliphatic carbocycles. The Morgan fingerprint density at radius 3 is 1.39 bits per heavy atom. The molecule has 0 bridgehead atoms. The van der Waals surface area contributed by atoms with Crippen molar-refractivity contribution in [1.82, 2.24) is 9.38 Å². The average Bonchev–Trinajstić information content (AvgIpc) is 3.93. The molecule has 2 heteroatoms. The Balaban J connectivity index is 0.905. The zero-order valence-electron chi connectivity index (χ0n) is 33.2. The van der Waals surface area contributed by atoms with Crippen LogP contribution in [-0.4, -0.2) is 9.38 Å². The van der Waals surface area contributed by atoms with Crippen molar-refractivity contribution < 1.29 is 0 Å². The van der Waals surface area contributed by atoms with Gasteiger partial charge < -0.3 is 0 Å². The lowest BCUT2D eigenvalue weighted by atomic mass is 9.82. The molecule has 1 aliphatic rings. The molecule has 0 atom stereocenters. The van der Waals surface area contributed by atoms with E-state index in [4.69, 9.17) is 4.98 Å². The topological polar surface area (TPSA) is 17.3 Å². The van der Waals surface area contributed by atoms with Crippen LogP contribution in [0.4, 0.5) is 0 Å². The third-order valence-corrected chi connectivity index (χ3v) is 13.0. The molecule has 0 radical (unpaired) electrons. The minimum atomic E-state index is 0.970. The first kappa shape index (κ1) is 33.9. The van der Waals surface area contributed by atoms with Gasteiger partial charge in [-0.1, -0.05) is 206 Å². The predicted octanol–water partition coefficient (Wildman–Crippen LogP) is 15.9. The fourth-order valence-corrected chi connectivity index (χ4v) is 10.3. The minimum absolute atomic E-state index is 0.970. The zero-order valence-corrected chi connectivity index (χ0v) is 33.2. The van der Waals surface area contributed by atoms with Crippen molar-refractivity contribution in [2.24, 2.45) is 0 Å². The molecule has 0 fully saturated rings. The van der Waals surface area contributed by atoms with Crippen molar-refractivity contribution in [3.63, 3.8) is 0 Å². The summed E-state index contributed by atoms with van der Waals surface area (Å²) in [5, 5.41) is 8.79. The summed E-state index contributed by atoms with van der Waals surface area (Å²) in [6.45, 7) is 0. The SMILES string of the molecule is c1ccc(-c2c3c(c(-c4ccccc4)c4ccccc24)-c2ccc(-c4ccc(-c5ccc(-c6cn7c8ccccc8c8ccccc8c7n6)cc5)cc4)c4cccc-3c24)cc1. The number of nitrogens with zero attached hydrogens (tertiary/aromatic N) is 2. The third kappa shape index (κ3) is 5.06. The standard InChI is InChI=1S/C59H36N2/c1-3-14-41(15-4-1)54-47-20-8-9-21-48(47)55(42-16-5-2-6-17-42)58-51-35-34-43(46-23-13-24-50(56(46)51)57(54)58)39-30-26-37(27-31-39)38-28-32-40(33-29-38)52-36-61-53-25-12-11-19-45(53)44-18-7-10-22-49(44)59(61)60-52/h1-36H. The van der Waals surface area contributed by atoms with E-state index in [0.29, 0.717) is 0 Å². The average molecular weight is 773 g/mol. The summed E-state index contributed by atoms with van der Waals surface area (Å²) in [6, 6.07) is 77.6. The molecular formula is C59H36N2. The number of rotatable bonds is 5. The predicted molar refractivity (Wildman–Crippen MR) is 257 cm³/mol. The maximum atomic E-state index is 5.18. The van der Waals surface area contributed by atoms with Crippen LogP contribution < -0.4 is 0 Å². The quantitative estimate of drug-likeness (QED) is 0.159. The van der Waals surface area contributed by atoms with Crippen LogP contribution in [0.3, 0.4) is 0 Å². The highest BCUT2D eigenvalue weighted by Crippen LogP contribution is 2.58. The van der Waals surface area contributed by atoms with Gasteiger partial charge in [-0.15, -0.1) is 0 Å². The van der Waals surface area contributed by atoms with E-state index in [1.165, 1.54) is 105 Å². The fourth-order valence-electron chi connectivity index (χ4n) is 10.3. The van der Waals surface area contributed by atoms with Crippen molar-refractivity contribution in [2.75, 3.05) is 0 Å². The third-order valence-electron chi connectivity index (χ3n) is 13.0. The second-order valence-corrected chi connectivity index (χ2v) is 16.2. The van der Waals surface area contributed by atoms with Gasteiger partial charge in [0.1, 0.15) is 5.65 Å². The monoisotopic (exact) mass is 772 g/mol. The number of para-hydroxylation sites is 1. The van der Waals surface area contributed by atoms with Gasteiger partial charge in [-0.3, -0.25) is 4.40 Å². The Morgan fingerprint density at radius 2 is 0.754 bits per heavy atom. The molecule has 2 aromatic heterocycles. The van der Waals surface area contributed by atoms with Gasteiger partial charge in [0, 0.05) is 22.5 Å². The Kier molecular flexibility index (Phi) is 7.34. The molecule has 61 heavy (non-hydrogen) atoms. The Bertz CT molecular complexity index is 3550. The van der Waals surface area contributed by atoms with E-state index in [9.17, 15) is 0 Å². The fraction of sp³-hybridized carbons (Fsp3) is 0. The van der Waals surface area contributed by atoms with Crippen LogP contribution in [0.2, 0.25) is 0 Å². The maximum Gasteiger partial charge on any atom is 0.145 e. The first-order chi connectivity index (χ1) is 30.3. The molecule has 0 saturated carbocycles. The van der Waals surface area contributed by atoms with E-state index >= 15 is 0 Å². The molecule has 12 aromatic rings. The maximum absolute atomic E-state index is 5.18. The number of benzene rings is 10. The van der Waals surface area contributed by atoms with E-state index in [2.05, 4.69) is 223 Å². The second kappa shape index (κ2) is 13.2. The highest BCUT2D eigenvalue weighted by atomic mass is 15.0. The van der Waals surface area contributed by atoms with Crippen LogP contribution >= 0.6 is 0 Å². The van der Waals surface area contributed by atoms with Crippen LogP contribution in [-0.2, 0) is 0 Å². The van der Waals surface area contributed by atoms with Crippen molar-refractivity contribution in [1.29, 1.82) is 0 Å². The van der Waals surface area contributed by atoms with Crippen LogP contribution in [0, 0.1) is 0 Å². The lowest BCUT2D eigenvalue weighted by Gasteiger charge is -2.20. The van der Waals surface area contributed by atoms with E-state index in [1.807, 2.05) is 0 Å². The lowest BCUT2D eigenvalue weighted by Crippen LogP contribution is -1.93. The number of aromatic nitrogens is 2. The van der Waals surface area contributed by atoms with Gasteiger partial charge in [-0.2, -0.15) is 0 Å². The second-order valence-electron chi connectivity index (χ2n) is 16.2. The highest BCUT2D eigenvalue weighted by molar-refractivity contribution is 6.28. The summed E-state index contributed by atoms with van der Waals surface area (Å²) < 4.78 is 2.24. The molecular weight excluding hydrogens is 737 g/mol. The largest absolute Gasteiger partial charge is 0.298 e. The molecule has 0 saturated heterocycles. The number of pyridine rings is 1. The summed E-state index contributed by atoms with van der Waals surface area (Å²) in [7, 11) is 0. The van der Waals surface area contributed by atoms with Crippen molar-refractivity contribution >= 4 is 48.9 Å². The molecule has 0 aliphatic heterocycles. The summed E-state index contributed by atoms with van der Waals surface area (Å²) in [5.41, 5.74) is 19.4. The van der Waals surface area contributed by atoms with E-state index in [0.717, 1.165) is 22.3 Å². The van der Waals surface area contributed by atoms with E-state index in [1.54, 1.807) is 0 Å². The van der Waals surface area contributed by atoms with Gasteiger partial charge in [-0.05, 0) is 99.8 Å². The van der Waals surface area contributed by atoms with Gasteiger partial charge in [-0.25, -0.2) is 4.98 Å². The van der Waals surface area contributed by atoms with Crippen LogP contribution in [0.5, 0.6) is 0 Å². The number of fused-ring (bicyclic) bond motifs is 10. The molecule has 0 unspecified atom stereocenters. The molecule has 0 spiro atoms. The Hall–Kier alpha value is -8.07. The van der Waals surface area contributed by atoms with E-state index < -0.39 is 0 Å². The highest BCUT2D eigenvalue weighted by Gasteiger charge is 2.31. The summed E-state index contributed by atoms with van der Waals surface area (Å²) in [6.07, 6.45) is 2.18. The first-order valence-corrected chi connectivity index (χ1v) is 21.0. The van der Waals surface area contributed by atoms with Gasteiger partial charge >= 0.3 is 0 Å². The van der Waals surface area contributed by atoms with Crippen LogP contribution in [0.25, 0.3) is 127 Å². The van der Waals surface area contributed by atoms with Crippen molar-refractivity contribution in [3.05, 3.63) is 219 Å². The van der Waals surface area contributed by atoms with Crippen LogP contribution in [0.1, 0.15) is 0 Å². The van der Waals surface area contributed by atoms with Crippen LogP contribution in [0.15, 0.2) is 219 Å². The van der Waals surface area contributed by atoms with Gasteiger partial charge in [0.15, 0.2) is 0 Å². The van der Waals surface area contributed by atoms with Crippen molar-refractivity contribution in [2.45, 2.75) is 0 Å². The molecule has 10 aromatic carbocycles. The number of hydrogen-bond donors (Lipinski definition) is 0. The molecule has 2 nitrogen and oxygen atoms in total. The van der Waals surface area contributed by atoms with E-state index in [-0.39, 0.29) is 0 Å². The normalized spacial score (nSPS) is 11.9. The molecule has 0 amide bonds. The van der Waals surface area contributed by atoms with Gasteiger partial charge in [0.2, 0.25) is 0 Å². The van der Waals surface area contributed by atoms with Gasteiger partial charge in [0.25, 0.3) is 0 Å².